The van der Waals surface area contributed by atoms with Gasteiger partial charge < -0.3 is 5.32 Å². The lowest BCUT2D eigenvalue weighted by atomic mass is 10.1. The standard InChI is InChI=1S/C26H21FN6OS/c27-19-5-3-6-20(15-19)35(34)31-16-17-10-12-18(13-11-17)24(28)33-23-9-4-14-30-26(23)32-22-8-2-1-7-21(22)25(33)29/h1-15,28-29,31H,16H2,(H,30,32). The van der Waals surface area contributed by atoms with E-state index in [0.717, 1.165) is 11.3 Å². The molecule has 0 saturated heterocycles. The molecule has 1 aliphatic heterocycles. The summed E-state index contributed by atoms with van der Waals surface area (Å²) in [6.07, 6.45) is 1.67. The monoisotopic (exact) mass is 484 g/mol. The molecular weight excluding hydrogens is 463 g/mol. The highest BCUT2D eigenvalue weighted by Crippen LogP contribution is 2.34. The van der Waals surface area contributed by atoms with E-state index in [2.05, 4.69) is 15.0 Å². The van der Waals surface area contributed by atoms with Crippen molar-refractivity contribution in [2.75, 3.05) is 10.2 Å². The summed E-state index contributed by atoms with van der Waals surface area (Å²) >= 11 is 0. The van der Waals surface area contributed by atoms with Crippen LogP contribution in [0.4, 0.5) is 21.6 Å². The summed E-state index contributed by atoms with van der Waals surface area (Å²) in [7, 11) is -1.55. The molecule has 2 heterocycles. The van der Waals surface area contributed by atoms with Crippen molar-refractivity contribution in [1.82, 2.24) is 9.71 Å². The first-order valence-corrected chi connectivity index (χ1v) is 11.9. The van der Waals surface area contributed by atoms with Gasteiger partial charge in [-0.1, -0.05) is 42.5 Å². The Morgan fingerprint density at radius 2 is 1.83 bits per heavy atom. The average Bonchev–Trinajstić information content (AvgIpc) is 3.01. The SMILES string of the molecule is N=C(c1ccc(CNS(=O)c2cccc(F)c2)cc1)N1C(=N)c2ccccc2Nc2ncccc21. The van der Waals surface area contributed by atoms with Gasteiger partial charge in [-0.25, -0.2) is 18.3 Å². The van der Waals surface area contributed by atoms with E-state index in [4.69, 9.17) is 10.8 Å². The van der Waals surface area contributed by atoms with Crippen LogP contribution >= 0.6 is 0 Å². The smallest absolute Gasteiger partial charge is 0.154 e. The highest BCUT2D eigenvalue weighted by atomic mass is 32.2. The van der Waals surface area contributed by atoms with Gasteiger partial charge in [0.05, 0.1) is 16.3 Å². The fraction of sp³-hybridized carbons (Fsp3) is 0.0385. The third-order valence-corrected chi connectivity index (χ3v) is 6.64. The summed E-state index contributed by atoms with van der Waals surface area (Å²) in [5, 5.41) is 21.1. The highest BCUT2D eigenvalue weighted by Gasteiger charge is 2.28. The third-order valence-electron chi connectivity index (χ3n) is 5.55. The van der Waals surface area contributed by atoms with Gasteiger partial charge in [0.2, 0.25) is 0 Å². The largest absolute Gasteiger partial charge is 0.338 e. The van der Waals surface area contributed by atoms with Gasteiger partial charge in [-0.3, -0.25) is 15.7 Å². The van der Waals surface area contributed by atoms with E-state index >= 15 is 0 Å². The first kappa shape index (κ1) is 22.6. The van der Waals surface area contributed by atoms with Crippen molar-refractivity contribution in [1.29, 1.82) is 10.8 Å². The Bertz CT molecular complexity index is 1460. The van der Waals surface area contributed by atoms with Crippen LogP contribution < -0.4 is 14.9 Å². The first-order valence-electron chi connectivity index (χ1n) is 10.8. The lowest BCUT2D eigenvalue weighted by Crippen LogP contribution is -2.36. The predicted molar refractivity (Wildman–Crippen MR) is 136 cm³/mol. The molecule has 9 heteroatoms. The van der Waals surface area contributed by atoms with E-state index in [1.165, 1.54) is 18.2 Å². The normalized spacial score (nSPS) is 13.3. The molecule has 1 aromatic heterocycles. The minimum Gasteiger partial charge on any atom is -0.338 e. The number of pyridine rings is 1. The zero-order valence-corrected chi connectivity index (χ0v) is 19.3. The van der Waals surface area contributed by atoms with Crippen molar-refractivity contribution in [3.8, 4) is 0 Å². The third kappa shape index (κ3) is 4.59. The summed E-state index contributed by atoms with van der Waals surface area (Å²) in [4.78, 5) is 6.35. The number of para-hydroxylation sites is 1. The van der Waals surface area contributed by atoms with Crippen LogP contribution in [0.2, 0.25) is 0 Å². The van der Waals surface area contributed by atoms with E-state index < -0.39 is 16.8 Å². The van der Waals surface area contributed by atoms with E-state index in [1.807, 2.05) is 42.5 Å². The average molecular weight is 485 g/mol. The molecule has 0 bridgehead atoms. The van der Waals surface area contributed by atoms with Gasteiger partial charge in [0.15, 0.2) is 5.82 Å². The molecule has 174 valence electrons. The van der Waals surface area contributed by atoms with Crippen LogP contribution in [0.25, 0.3) is 0 Å². The number of rotatable bonds is 5. The van der Waals surface area contributed by atoms with Crippen molar-refractivity contribution in [2.24, 2.45) is 0 Å². The fourth-order valence-electron chi connectivity index (χ4n) is 3.80. The van der Waals surface area contributed by atoms with Gasteiger partial charge in [-0.05, 0) is 48.0 Å². The van der Waals surface area contributed by atoms with Crippen molar-refractivity contribution in [2.45, 2.75) is 11.4 Å². The minimum atomic E-state index is -1.55. The van der Waals surface area contributed by atoms with Crippen molar-refractivity contribution in [3.05, 3.63) is 114 Å². The number of benzene rings is 3. The molecule has 1 unspecified atom stereocenters. The van der Waals surface area contributed by atoms with Crippen LogP contribution in [0, 0.1) is 16.6 Å². The molecule has 4 N–H and O–H groups in total. The highest BCUT2D eigenvalue weighted by molar-refractivity contribution is 7.83. The van der Waals surface area contributed by atoms with Gasteiger partial charge >= 0.3 is 0 Å². The van der Waals surface area contributed by atoms with Crippen molar-refractivity contribution < 1.29 is 8.60 Å². The number of nitrogens with one attached hydrogen (secondary N) is 4. The fourth-order valence-corrected chi connectivity index (χ4v) is 4.68. The minimum absolute atomic E-state index is 0.130. The molecule has 1 atom stereocenters. The zero-order valence-electron chi connectivity index (χ0n) is 18.5. The van der Waals surface area contributed by atoms with Crippen LogP contribution in [0.3, 0.4) is 0 Å². The molecule has 35 heavy (non-hydrogen) atoms. The molecule has 0 saturated carbocycles. The molecule has 1 aliphatic rings. The Morgan fingerprint density at radius 1 is 1.03 bits per heavy atom. The number of nitrogens with zero attached hydrogens (tertiary/aromatic N) is 2. The van der Waals surface area contributed by atoms with Gasteiger partial charge in [0.1, 0.15) is 28.5 Å². The molecule has 3 aromatic carbocycles. The Kier molecular flexibility index (Phi) is 6.17. The van der Waals surface area contributed by atoms with E-state index in [-0.39, 0.29) is 11.7 Å². The quantitative estimate of drug-likeness (QED) is 0.238. The Morgan fingerprint density at radius 3 is 2.63 bits per heavy atom. The van der Waals surface area contributed by atoms with Crippen molar-refractivity contribution in [3.63, 3.8) is 0 Å². The van der Waals surface area contributed by atoms with Crippen molar-refractivity contribution >= 4 is 39.8 Å². The Labute approximate surface area is 204 Å². The molecule has 5 rings (SSSR count). The van der Waals surface area contributed by atoms with Crippen LogP contribution in [0.5, 0.6) is 0 Å². The van der Waals surface area contributed by atoms with E-state index in [0.29, 0.717) is 34.1 Å². The number of anilines is 3. The Hall–Kier alpha value is -4.21. The van der Waals surface area contributed by atoms with Crippen LogP contribution in [-0.2, 0) is 17.5 Å². The van der Waals surface area contributed by atoms with Crippen LogP contribution in [0.15, 0.2) is 96.0 Å². The Balaban J connectivity index is 1.37. The second kappa shape index (κ2) is 9.57. The molecule has 0 spiro atoms. The van der Waals surface area contributed by atoms with Gasteiger partial charge in [0.25, 0.3) is 0 Å². The summed E-state index contributed by atoms with van der Waals surface area (Å²) in [6, 6.07) is 24.0. The number of halogens is 1. The van der Waals surface area contributed by atoms with Gasteiger partial charge in [0, 0.05) is 23.9 Å². The molecular formula is C26H21FN6OS. The molecule has 0 amide bonds. The topological polar surface area (TPSA) is 105 Å². The maximum Gasteiger partial charge on any atom is 0.154 e. The molecule has 0 aliphatic carbocycles. The van der Waals surface area contributed by atoms with Gasteiger partial charge in [-0.2, -0.15) is 0 Å². The second-order valence-electron chi connectivity index (χ2n) is 7.82. The predicted octanol–water partition coefficient (Wildman–Crippen LogP) is 4.95. The van der Waals surface area contributed by atoms with E-state index in [9.17, 15) is 8.60 Å². The number of fused-ring (bicyclic) bond motifs is 2. The summed E-state index contributed by atoms with van der Waals surface area (Å²) < 4.78 is 28.7. The van der Waals surface area contributed by atoms with E-state index in [1.54, 1.807) is 35.4 Å². The van der Waals surface area contributed by atoms with Crippen LogP contribution in [-0.4, -0.2) is 20.9 Å². The maximum atomic E-state index is 13.4. The lowest BCUT2D eigenvalue weighted by molar-refractivity contribution is 0.622. The number of aromatic nitrogens is 1. The second-order valence-corrected chi connectivity index (χ2v) is 9.12. The first-order chi connectivity index (χ1) is 17.0. The molecule has 0 radical (unpaired) electrons. The maximum absolute atomic E-state index is 13.4. The molecule has 0 fully saturated rings. The summed E-state index contributed by atoms with van der Waals surface area (Å²) in [5.74, 6) is 0.425. The lowest BCUT2D eigenvalue weighted by Gasteiger charge is -2.25. The van der Waals surface area contributed by atoms with Crippen LogP contribution in [0.1, 0.15) is 16.7 Å². The van der Waals surface area contributed by atoms with Gasteiger partial charge in [-0.15, -0.1) is 0 Å². The summed E-state index contributed by atoms with van der Waals surface area (Å²) in [6.45, 7) is 0.306. The zero-order chi connectivity index (χ0) is 24.4. The molecule has 7 nitrogen and oxygen atoms in total. The number of amidine groups is 2. The molecule has 4 aromatic rings. The summed E-state index contributed by atoms with van der Waals surface area (Å²) in [5.41, 5.74) is 3.48. The number of hydrogen-bond donors (Lipinski definition) is 4. The number of hydrogen-bond acceptors (Lipinski definition) is 5.